The molecule has 0 aliphatic carbocycles. The lowest BCUT2D eigenvalue weighted by Gasteiger charge is -2.11. The maximum absolute atomic E-state index is 10.7. The number of methoxy groups -OCH3 is 1. The molecule has 1 aromatic heterocycles. The summed E-state index contributed by atoms with van der Waals surface area (Å²) in [6, 6.07) is 20.9. The maximum atomic E-state index is 10.7. The third kappa shape index (κ3) is 3.91. The van der Waals surface area contributed by atoms with Gasteiger partial charge in [0.25, 0.3) is 0 Å². The highest BCUT2D eigenvalue weighted by atomic mass is 16.5. The number of aromatic hydroxyl groups is 1. The molecule has 1 heterocycles. The number of para-hydroxylation sites is 1. The smallest absolute Gasteiger partial charge is 0.128 e. The number of rotatable bonds is 7. The van der Waals surface area contributed by atoms with Gasteiger partial charge in [0.05, 0.1) is 19.0 Å². The number of phenolic OH excluding ortho intramolecular Hbond substituents is 1. The van der Waals surface area contributed by atoms with Gasteiger partial charge in [0, 0.05) is 22.8 Å². The number of nitrogens with one attached hydrogen (secondary N) is 1. The second-order valence-corrected chi connectivity index (χ2v) is 6.77. The fourth-order valence-electron chi connectivity index (χ4n) is 3.29. The van der Waals surface area contributed by atoms with Crippen LogP contribution in [0.15, 0.2) is 79.5 Å². The topological polar surface area (TPSA) is 67.4 Å². The summed E-state index contributed by atoms with van der Waals surface area (Å²) in [7, 11) is 1.63. The number of ether oxygens (including phenoxy) is 2. The number of phenols is 1. The van der Waals surface area contributed by atoms with Crippen molar-refractivity contribution >= 4 is 6.08 Å². The summed E-state index contributed by atoms with van der Waals surface area (Å²) in [5.41, 5.74) is 5.19. The molecule has 2 N–H and O–H groups in total. The lowest BCUT2D eigenvalue weighted by Crippen LogP contribution is -1.95. The minimum Gasteiger partial charge on any atom is -0.507 e. The molecule has 30 heavy (non-hydrogen) atoms. The lowest BCUT2D eigenvalue weighted by atomic mass is 10.0. The molecule has 5 heteroatoms. The van der Waals surface area contributed by atoms with Gasteiger partial charge in [-0.2, -0.15) is 5.10 Å². The van der Waals surface area contributed by atoms with Gasteiger partial charge < -0.3 is 14.6 Å². The summed E-state index contributed by atoms with van der Waals surface area (Å²) in [4.78, 5) is 0. The number of hydrogen-bond acceptors (Lipinski definition) is 4. The minimum atomic E-state index is 0.106. The Morgan fingerprint density at radius 1 is 1.00 bits per heavy atom. The van der Waals surface area contributed by atoms with E-state index in [4.69, 9.17) is 9.47 Å². The van der Waals surface area contributed by atoms with E-state index in [1.807, 2.05) is 60.7 Å². The summed E-state index contributed by atoms with van der Waals surface area (Å²) < 4.78 is 11.3. The van der Waals surface area contributed by atoms with Crippen molar-refractivity contribution in [3.63, 3.8) is 0 Å². The van der Waals surface area contributed by atoms with Gasteiger partial charge in [0.15, 0.2) is 0 Å². The quantitative estimate of drug-likeness (QED) is 0.420. The number of benzene rings is 3. The normalized spacial score (nSPS) is 10.6. The third-order valence-electron chi connectivity index (χ3n) is 4.90. The Bertz CT molecular complexity index is 1160. The number of nitrogens with zero attached hydrogens (tertiary/aromatic N) is 1. The van der Waals surface area contributed by atoms with Crippen LogP contribution in [0.3, 0.4) is 0 Å². The molecule has 0 radical (unpaired) electrons. The molecule has 0 spiro atoms. The molecule has 0 bridgehead atoms. The van der Waals surface area contributed by atoms with Crippen molar-refractivity contribution < 1.29 is 14.6 Å². The Labute approximate surface area is 175 Å². The first kappa shape index (κ1) is 19.3. The van der Waals surface area contributed by atoms with Crippen molar-refractivity contribution in [2.45, 2.75) is 6.61 Å². The molecule has 3 aromatic carbocycles. The van der Waals surface area contributed by atoms with Crippen molar-refractivity contribution in [1.29, 1.82) is 0 Å². The molecule has 0 atom stereocenters. The first-order valence-corrected chi connectivity index (χ1v) is 9.54. The van der Waals surface area contributed by atoms with Crippen molar-refractivity contribution in [2.75, 3.05) is 7.11 Å². The van der Waals surface area contributed by atoms with Gasteiger partial charge in [-0.15, -0.1) is 0 Å². The highest BCUT2D eigenvalue weighted by molar-refractivity contribution is 5.85. The second kappa shape index (κ2) is 8.57. The second-order valence-electron chi connectivity index (χ2n) is 6.77. The molecule has 150 valence electrons. The van der Waals surface area contributed by atoms with Crippen LogP contribution < -0.4 is 9.47 Å². The predicted molar refractivity (Wildman–Crippen MR) is 119 cm³/mol. The Kier molecular flexibility index (Phi) is 5.52. The number of aromatic nitrogens is 2. The van der Waals surface area contributed by atoms with Gasteiger partial charge in [-0.05, 0) is 29.3 Å². The summed E-state index contributed by atoms with van der Waals surface area (Å²) in [6.45, 7) is 4.16. The van der Waals surface area contributed by atoms with E-state index in [0.717, 1.165) is 28.0 Å². The fraction of sp³-hybridized carbons (Fsp3) is 0.0800. The summed E-state index contributed by atoms with van der Waals surface area (Å²) in [5.74, 6) is 1.43. The fourth-order valence-corrected chi connectivity index (χ4v) is 3.29. The Hall–Kier alpha value is -3.99. The predicted octanol–water partition coefficient (Wildman–Crippen LogP) is 5.68. The molecule has 0 aliphatic heterocycles. The van der Waals surface area contributed by atoms with E-state index in [1.165, 1.54) is 0 Å². The van der Waals surface area contributed by atoms with Gasteiger partial charge in [0.2, 0.25) is 0 Å². The maximum Gasteiger partial charge on any atom is 0.128 e. The van der Waals surface area contributed by atoms with E-state index >= 15 is 0 Å². The van der Waals surface area contributed by atoms with E-state index in [2.05, 4.69) is 16.8 Å². The standard InChI is InChI=1S/C25H22N2O3/c1-3-17-8-10-18(11-9-17)16-30-19-12-13-21(23(28)14-19)25-22(15-26-27-25)20-6-4-5-7-24(20)29-2/h3-15,28H,1,16H2,2H3,(H,26,27). The van der Waals surface area contributed by atoms with Crippen molar-refractivity contribution in [1.82, 2.24) is 10.2 Å². The van der Waals surface area contributed by atoms with Gasteiger partial charge in [0.1, 0.15) is 23.9 Å². The van der Waals surface area contributed by atoms with Crippen LogP contribution in [0, 0.1) is 0 Å². The molecule has 5 nitrogen and oxygen atoms in total. The van der Waals surface area contributed by atoms with E-state index < -0.39 is 0 Å². The molecule has 0 amide bonds. The van der Waals surface area contributed by atoms with Gasteiger partial charge in [-0.1, -0.05) is 55.1 Å². The molecule has 4 rings (SSSR count). The van der Waals surface area contributed by atoms with Crippen LogP contribution in [0.1, 0.15) is 11.1 Å². The summed E-state index contributed by atoms with van der Waals surface area (Å²) in [6.07, 6.45) is 3.53. The SMILES string of the molecule is C=Cc1ccc(COc2ccc(-c3[nH]ncc3-c3ccccc3OC)c(O)c2)cc1. The molecule has 0 fully saturated rings. The Morgan fingerprint density at radius 2 is 1.80 bits per heavy atom. The molecular formula is C25H22N2O3. The van der Waals surface area contributed by atoms with E-state index in [1.54, 1.807) is 25.4 Å². The zero-order chi connectivity index (χ0) is 20.9. The average Bonchev–Trinajstić information content (AvgIpc) is 3.27. The highest BCUT2D eigenvalue weighted by Crippen LogP contribution is 2.39. The van der Waals surface area contributed by atoms with Crippen molar-refractivity contribution in [2.24, 2.45) is 0 Å². The van der Waals surface area contributed by atoms with Crippen LogP contribution in [0.25, 0.3) is 28.5 Å². The number of H-pyrrole nitrogens is 1. The van der Waals surface area contributed by atoms with Crippen LogP contribution in [0.4, 0.5) is 0 Å². The zero-order valence-corrected chi connectivity index (χ0v) is 16.6. The zero-order valence-electron chi connectivity index (χ0n) is 16.6. The highest BCUT2D eigenvalue weighted by Gasteiger charge is 2.16. The van der Waals surface area contributed by atoms with Gasteiger partial charge in [-0.25, -0.2) is 0 Å². The van der Waals surface area contributed by atoms with Crippen LogP contribution in [-0.4, -0.2) is 22.4 Å². The molecule has 0 aliphatic rings. The average molecular weight is 398 g/mol. The first-order chi connectivity index (χ1) is 14.7. The van der Waals surface area contributed by atoms with E-state index in [9.17, 15) is 5.11 Å². The largest absolute Gasteiger partial charge is 0.507 e. The van der Waals surface area contributed by atoms with E-state index in [-0.39, 0.29) is 5.75 Å². The van der Waals surface area contributed by atoms with Crippen LogP contribution in [-0.2, 0) is 6.61 Å². The van der Waals surface area contributed by atoms with Crippen molar-refractivity contribution in [3.05, 3.63) is 90.6 Å². The minimum absolute atomic E-state index is 0.106. The Balaban J connectivity index is 1.57. The van der Waals surface area contributed by atoms with Crippen molar-refractivity contribution in [3.8, 4) is 39.6 Å². The third-order valence-corrected chi connectivity index (χ3v) is 4.90. The number of aromatic amines is 1. The Morgan fingerprint density at radius 3 is 2.53 bits per heavy atom. The molecule has 0 saturated heterocycles. The lowest BCUT2D eigenvalue weighted by molar-refractivity contribution is 0.304. The van der Waals surface area contributed by atoms with E-state index in [0.29, 0.717) is 23.6 Å². The van der Waals surface area contributed by atoms with Gasteiger partial charge >= 0.3 is 0 Å². The summed E-state index contributed by atoms with van der Waals surface area (Å²) in [5, 5.41) is 17.8. The molecule has 0 saturated carbocycles. The summed E-state index contributed by atoms with van der Waals surface area (Å²) >= 11 is 0. The molecule has 4 aromatic rings. The van der Waals surface area contributed by atoms with Gasteiger partial charge in [-0.3, -0.25) is 5.10 Å². The monoisotopic (exact) mass is 398 g/mol. The molecular weight excluding hydrogens is 376 g/mol. The molecule has 0 unspecified atom stereocenters. The van der Waals surface area contributed by atoms with Crippen LogP contribution >= 0.6 is 0 Å². The number of hydrogen-bond donors (Lipinski definition) is 2. The van der Waals surface area contributed by atoms with Crippen LogP contribution in [0.5, 0.6) is 17.2 Å². The van der Waals surface area contributed by atoms with Crippen LogP contribution in [0.2, 0.25) is 0 Å². The first-order valence-electron chi connectivity index (χ1n) is 9.54.